The fourth-order valence-electron chi connectivity index (χ4n) is 1.33. The molecule has 0 radical (unpaired) electrons. The van der Waals surface area contributed by atoms with E-state index in [-0.39, 0.29) is 0 Å². The van der Waals surface area contributed by atoms with E-state index < -0.39 is 23.3 Å². The van der Waals surface area contributed by atoms with Crippen LogP contribution in [-0.2, 0) is 23.3 Å². The first kappa shape index (κ1) is 11.7. The third-order valence-corrected chi connectivity index (χ3v) is 8.14. The topological polar surface area (TPSA) is 24.7 Å². The molecular formula is C12H9ClHgN2. The summed E-state index contributed by atoms with van der Waals surface area (Å²) in [6.07, 6.45) is 0. The van der Waals surface area contributed by atoms with Crippen molar-refractivity contribution in [2.24, 2.45) is 10.2 Å². The van der Waals surface area contributed by atoms with E-state index in [1.54, 1.807) is 0 Å². The predicted octanol–water partition coefficient (Wildman–Crippen LogP) is 3.96. The van der Waals surface area contributed by atoms with Gasteiger partial charge in [-0.2, -0.15) is 0 Å². The summed E-state index contributed by atoms with van der Waals surface area (Å²) in [7, 11) is 6.03. The zero-order valence-electron chi connectivity index (χ0n) is 8.68. The molecule has 2 aromatic carbocycles. The normalized spacial score (nSPS) is 10.3. The molecular weight excluding hydrogens is 408 g/mol. The van der Waals surface area contributed by atoms with Gasteiger partial charge in [-0.3, -0.25) is 0 Å². The van der Waals surface area contributed by atoms with E-state index in [0.717, 1.165) is 11.4 Å². The van der Waals surface area contributed by atoms with Gasteiger partial charge < -0.3 is 0 Å². The van der Waals surface area contributed by atoms with E-state index in [2.05, 4.69) is 10.2 Å². The van der Waals surface area contributed by atoms with Crippen LogP contribution in [0.3, 0.4) is 0 Å². The summed E-state index contributed by atoms with van der Waals surface area (Å²) < 4.78 is 1.21. The van der Waals surface area contributed by atoms with Crippen molar-refractivity contribution in [2.45, 2.75) is 0 Å². The van der Waals surface area contributed by atoms with Crippen LogP contribution in [0.2, 0.25) is 0 Å². The number of nitrogens with zero attached hydrogens (tertiary/aromatic N) is 2. The van der Waals surface area contributed by atoms with Crippen LogP contribution < -0.4 is 3.07 Å². The molecule has 0 atom stereocenters. The van der Waals surface area contributed by atoms with Crippen LogP contribution in [0.1, 0.15) is 0 Å². The molecule has 0 heterocycles. The summed E-state index contributed by atoms with van der Waals surface area (Å²) in [5.41, 5.74) is 1.78. The van der Waals surface area contributed by atoms with Gasteiger partial charge in [0, 0.05) is 0 Å². The van der Waals surface area contributed by atoms with Crippen molar-refractivity contribution in [3.63, 3.8) is 0 Å². The Balaban J connectivity index is 2.24. The average molecular weight is 417 g/mol. The molecule has 0 fully saturated rings. The van der Waals surface area contributed by atoms with Crippen LogP contribution in [-0.4, -0.2) is 0 Å². The minimum absolute atomic E-state index is 0.864. The molecule has 4 heteroatoms. The quantitative estimate of drug-likeness (QED) is 0.534. The van der Waals surface area contributed by atoms with E-state index in [1.807, 2.05) is 54.6 Å². The van der Waals surface area contributed by atoms with Crippen LogP contribution in [0.25, 0.3) is 0 Å². The summed E-state index contributed by atoms with van der Waals surface area (Å²) in [5.74, 6) is 0. The number of azo groups is 1. The number of hydrogen-bond acceptors (Lipinski definition) is 2. The molecule has 0 aliphatic carbocycles. The Labute approximate surface area is 110 Å². The van der Waals surface area contributed by atoms with Crippen molar-refractivity contribution in [3.05, 3.63) is 54.6 Å². The zero-order chi connectivity index (χ0) is 11.2. The van der Waals surface area contributed by atoms with Gasteiger partial charge >= 0.3 is 111 Å². The fraction of sp³-hybridized carbons (Fsp3) is 0. The molecule has 2 aromatic rings. The third-order valence-electron chi connectivity index (χ3n) is 2.16. The fourth-order valence-corrected chi connectivity index (χ4v) is 5.45. The van der Waals surface area contributed by atoms with Crippen LogP contribution >= 0.6 is 8.25 Å². The van der Waals surface area contributed by atoms with Crippen molar-refractivity contribution in [1.29, 1.82) is 0 Å². The molecule has 0 bridgehead atoms. The van der Waals surface area contributed by atoms with E-state index in [9.17, 15) is 0 Å². The molecule has 76 valence electrons. The van der Waals surface area contributed by atoms with E-state index in [0.29, 0.717) is 0 Å². The van der Waals surface area contributed by atoms with E-state index >= 15 is 0 Å². The van der Waals surface area contributed by atoms with Gasteiger partial charge in [0.25, 0.3) is 0 Å². The van der Waals surface area contributed by atoms with Gasteiger partial charge in [0.05, 0.1) is 0 Å². The van der Waals surface area contributed by atoms with Crippen LogP contribution in [0.4, 0.5) is 11.4 Å². The SMILES string of the molecule is [Cl][Hg][c]1ccccc1N=Nc1ccccc1. The van der Waals surface area contributed by atoms with Gasteiger partial charge in [-0.25, -0.2) is 0 Å². The molecule has 0 unspecified atom stereocenters. The molecule has 0 saturated heterocycles. The molecule has 0 aliphatic heterocycles. The maximum atomic E-state index is 6.03. The number of halogens is 1. The number of benzene rings is 2. The first-order valence-electron chi connectivity index (χ1n) is 5.01. The van der Waals surface area contributed by atoms with Crippen LogP contribution in [0, 0.1) is 0 Å². The number of hydrogen-bond donors (Lipinski definition) is 0. The molecule has 0 N–H and O–H groups in total. The summed E-state index contributed by atoms with van der Waals surface area (Å²) >= 11 is -1.42. The molecule has 0 aromatic heterocycles. The Hall–Kier alpha value is -0.735. The van der Waals surface area contributed by atoms with Gasteiger partial charge in [0.2, 0.25) is 0 Å². The Morgan fingerprint density at radius 2 is 1.50 bits per heavy atom. The van der Waals surface area contributed by atoms with Crippen molar-refractivity contribution in [2.75, 3.05) is 0 Å². The average Bonchev–Trinajstić information content (AvgIpc) is 2.38. The van der Waals surface area contributed by atoms with Gasteiger partial charge in [-0.15, -0.1) is 0 Å². The van der Waals surface area contributed by atoms with Gasteiger partial charge in [0.1, 0.15) is 0 Å². The third kappa shape index (κ3) is 3.13. The summed E-state index contributed by atoms with van der Waals surface area (Å²) in [6.45, 7) is 0. The van der Waals surface area contributed by atoms with Gasteiger partial charge in [0.15, 0.2) is 0 Å². The van der Waals surface area contributed by atoms with Crippen molar-refractivity contribution in [1.82, 2.24) is 0 Å². The molecule has 0 aliphatic rings. The van der Waals surface area contributed by atoms with Crippen molar-refractivity contribution < 1.29 is 23.3 Å². The molecule has 2 nitrogen and oxygen atoms in total. The predicted molar refractivity (Wildman–Crippen MR) is 62.5 cm³/mol. The van der Waals surface area contributed by atoms with Crippen LogP contribution in [0.15, 0.2) is 64.8 Å². The molecule has 2 rings (SSSR count). The van der Waals surface area contributed by atoms with E-state index in [1.165, 1.54) is 3.07 Å². The Morgan fingerprint density at radius 3 is 2.25 bits per heavy atom. The Bertz CT molecular complexity index is 485. The molecule has 0 spiro atoms. The second kappa shape index (κ2) is 6.11. The Kier molecular flexibility index (Phi) is 4.49. The zero-order valence-corrected chi connectivity index (χ0v) is 14.9. The first-order chi connectivity index (χ1) is 7.90. The van der Waals surface area contributed by atoms with E-state index in [4.69, 9.17) is 8.25 Å². The first-order valence-corrected chi connectivity index (χ1v) is 14.5. The van der Waals surface area contributed by atoms with Gasteiger partial charge in [-0.1, -0.05) is 0 Å². The van der Waals surface area contributed by atoms with Gasteiger partial charge in [-0.05, 0) is 0 Å². The molecule has 16 heavy (non-hydrogen) atoms. The minimum atomic E-state index is -1.42. The monoisotopic (exact) mass is 418 g/mol. The second-order valence-electron chi connectivity index (χ2n) is 3.30. The summed E-state index contributed by atoms with van der Waals surface area (Å²) in [5, 5.41) is 8.43. The Morgan fingerprint density at radius 1 is 0.812 bits per heavy atom. The molecule has 0 saturated carbocycles. The number of rotatable bonds is 3. The standard InChI is InChI=1S/C12H9N2.ClH.Hg/c1-3-7-11(8-4-1)13-14-12-9-5-2-6-10-12;;/h1-9H;1H;/q;;+1/p-1. The van der Waals surface area contributed by atoms with Crippen molar-refractivity contribution in [3.8, 4) is 0 Å². The van der Waals surface area contributed by atoms with Crippen molar-refractivity contribution >= 4 is 22.7 Å². The van der Waals surface area contributed by atoms with Crippen LogP contribution in [0.5, 0.6) is 0 Å². The maximum absolute atomic E-state index is 6.03. The molecule has 0 amide bonds. The summed E-state index contributed by atoms with van der Waals surface area (Å²) in [4.78, 5) is 0. The second-order valence-corrected chi connectivity index (χ2v) is 9.64. The summed E-state index contributed by atoms with van der Waals surface area (Å²) in [6, 6.07) is 17.7.